The Morgan fingerprint density at radius 2 is 1.54 bits per heavy atom. The number of ether oxygens (including phenoxy) is 5. The van der Waals surface area contributed by atoms with E-state index >= 15 is 0 Å². The van der Waals surface area contributed by atoms with Crippen LogP contribution >= 0.6 is 7.60 Å². The molecule has 3 N–H and O–H groups in total. The molecule has 0 bridgehead atoms. The Morgan fingerprint density at radius 1 is 1.00 bits per heavy atom. The van der Waals surface area contributed by atoms with E-state index in [4.69, 9.17) is 32.7 Å². The van der Waals surface area contributed by atoms with Gasteiger partial charge in [0.05, 0.1) is 11.5 Å². The first kappa shape index (κ1) is 35.7. The Morgan fingerprint density at radius 3 is 2.04 bits per heavy atom. The van der Waals surface area contributed by atoms with Gasteiger partial charge < -0.3 is 38.4 Å². The van der Waals surface area contributed by atoms with Gasteiger partial charge in [-0.1, -0.05) is 0 Å². The van der Waals surface area contributed by atoms with Gasteiger partial charge in [0.2, 0.25) is 11.7 Å². The maximum absolute atomic E-state index is 13.8. The molecule has 18 nitrogen and oxygen atoms in total. The summed E-state index contributed by atoms with van der Waals surface area (Å²) < 4.78 is 50.8. The molecule has 1 aromatic rings. The molecule has 4 rings (SSSR count). The molecule has 0 aromatic carbocycles. The van der Waals surface area contributed by atoms with E-state index in [0.29, 0.717) is 4.90 Å². The lowest BCUT2D eigenvalue weighted by Crippen LogP contribution is -2.71. The van der Waals surface area contributed by atoms with Gasteiger partial charge in [-0.05, 0) is 68.7 Å². The predicted molar refractivity (Wildman–Crippen MR) is 157 cm³/mol. The number of anilines is 2. The second kappa shape index (κ2) is 11.8. The minimum absolute atomic E-state index is 0.273. The lowest BCUT2D eigenvalue weighted by molar-refractivity contribution is -0.375. The van der Waals surface area contributed by atoms with Crippen LogP contribution in [0.3, 0.4) is 0 Å². The lowest BCUT2D eigenvalue weighted by atomic mass is 9.81. The number of aliphatic hydroxyl groups is 2. The van der Waals surface area contributed by atoms with Crippen LogP contribution in [0.4, 0.5) is 26.1 Å². The fourth-order valence-electron chi connectivity index (χ4n) is 4.80. The second-order valence-electron chi connectivity index (χ2n) is 13.9. The van der Waals surface area contributed by atoms with Crippen LogP contribution in [0.15, 0.2) is 4.79 Å². The Hall–Kier alpha value is -3.12. The Kier molecular flexibility index (Phi) is 9.20. The second-order valence-corrected chi connectivity index (χ2v) is 16.0. The molecular weight excluding hydrogens is 635 g/mol. The highest BCUT2D eigenvalue weighted by molar-refractivity contribution is 7.53. The van der Waals surface area contributed by atoms with E-state index < -0.39 is 103 Å². The number of imide groups is 1. The number of carbonyl (C=O) groups excluding carboxylic acids is 3. The predicted octanol–water partition coefficient (Wildman–Crippen LogP) is 2.94. The average Bonchev–Trinajstić information content (AvgIpc) is 2.85. The topological polar surface area (TPSA) is 226 Å². The van der Waals surface area contributed by atoms with Crippen molar-refractivity contribution in [2.75, 3.05) is 23.3 Å². The molecule has 0 aliphatic carbocycles. The van der Waals surface area contributed by atoms with E-state index in [2.05, 4.69) is 9.97 Å². The van der Waals surface area contributed by atoms with Crippen molar-refractivity contribution in [1.82, 2.24) is 9.97 Å². The molecular formula is C27H41N4O14P. The molecule has 46 heavy (non-hydrogen) atoms. The molecule has 19 heteroatoms. The number of rotatable bonds is 2. The number of amides is 3. The minimum Gasteiger partial charge on any atom is -0.443 e. The number of nitrogens with one attached hydrogen (secondary N) is 1. The van der Waals surface area contributed by atoms with Crippen LogP contribution in [0.5, 0.6) is 0 Å². The summed E-state index contributed by atoms with van der Waals surface area (Å²) in [5.74, 6) is -5.54. The number of hydrogen-bond donors (Lipinski definition) is 3. The molecule has 0 spiro atoms. The highest BCUT2D eigenvalue weighted by atomic mass is 31.2. The summed E-state index contributed by atoms with van der Waals surface area (Å²) in [6.07, 6.45) is -9.72. The third kappa shape index (κ3) is 7.38. The van der Waals surface area contributed by atoms with Crippen LogP contribution in [0.2, 0.25) is 0 Å². The van der Waals surface area contributed by atoms with Gasteiger partial charge >= 0.3 is 25.9 Å². The number of nitrogens with zero attached hydrogens (tertiary/aromatic N) is 3. The van der Waals surface area contributed by atoms with E-state index in [9.17, 15) is 34.0 Å². The quantitative estimate of drug-likeness (QED) is 0.233. The summed E-state index contributed by atoms with van der Waals surface area (Å²) in [6, 6.07) is 0. The first-order chi connectivity index (χ1) is 20.9. The van der Waals surface area contributed by atoms with Crippen molar-refractivity contribution in [1.29, 1.82) is 0 Å². The fraction of sp³-hybridized carbons (Fsp3) is 0.741. The molecule has 0 radical (unpaired) electrons. The molecule has 1 unspecified atom stereocenters. The molecule has 2 saturated heterocycles. The zero-order valence-electron chi connectivity index (χ0n) is 27.3. The van der Waals surface area contributed by atoms with E-state index in [1.807, 2.05) is 0 Å². The molecule has 258 valence electrons. The first-order valence-electron chi connectivity index (χ1n) is 14.3. The largest absolute Gasteiger partial charge is 0.443 e. The molecule has 3 amide bonds. The number of hydrogen-bond acceptors (Lipinski definition) is 15. The van der Waals surface area contributed by atoms with Crippen LogP contribution in [0.25, 0.3) is 0 Å². The van der Waals surface area contributed by atoms with Crippen molar-refractivity contribution in [3.8, 4) is 0 Å². The standard InChI is InChI=1S/C27H41N4O14P/c1-24(2,3)42-21(33)30-16-13(11-14-18(30)41-19-15(27(14,36)37)45-46(38,39-10)12-40-19)17(32)29-20(28-16)31(22(34)43-25(4,5)6)23(35)44-26(7,8)9/h14-15,18-19,36-37H,11-12H2,1-10H3,(H,28,29,32)/t14-,15+,18-,19+,46?/m1/s1. The summed E-state index contributed by atoms with van der Waals surface area (Å²) in [4.78, 5) is 61.7. The van der Waals surface area contributed by atoms with Gasteiger partial charge in [-0.15, -0.1) is 4.90 Å². The van der Waals surface area contributed by atoms with Crippen LogP contribution < -0.4 is 15.4 Å². The van der Waals surface area contributed by atoms with Gasteiger partial charge in [0.1, 0.15) is 16.8 Å². The molecule has 2 fully saturated rings. The lowest BCUT2D eigenvalue weighted by Gasteiger charge is -2.54. The third-order valence-corrected chi connectivity index (χ3v) is 8.19. The Bertz CT molecular complexity index is 1460. The first-order valence-corrected chi connectivity index (χ1v) is 16.0. The number of aromatic amines is 1. The van der Waals surface area contributed by atoms with Crippen molar-refractivity contribution in [3.05, 3.63) is 15.9 Å². The van der Waals surface area contributed by atoms with E-state index in [1.165, 1.54) is 0 Å². The van der Waals surface area contributed by atoms with Crippen molar-refractivity contribution in [3.63, 3.8) is 0 Å². The average molecular weight is 677 g/mol. The van der Waals surface area contributed by atoms with Crippen LogP contribution in [0.1, 0.15) is 67.9 Å². The van der Waals surface area contributed by atoms with E-state index in [0.717, 1.165) is 12.0 Å². The molecule has 3 aliphatic heterocycles. The normalized spacial score (nSPS) is 27.4. The maximum atomic E-state index is 13.8. The van der Waals surface area contributed by atoms with Crippen LogP contribution in [-0.2, 0) is 43.7 Å². The van der Waals surface area contributed by atoms with Crippen LogP contribution in [-0.4, -0.2) is 93.1 Å². The van der Waals surface area contributed by atoms with Gasteiger partial charge in [0.25, 0.3) is 5.56 Å². The molecule has 4 heterocycles. The van der Waals surface area contributed by atoms with Gasteiger partial charge in [0, 0.05) is 7.11 Å². The van der Waals surface area contributed by atoms with Crippen molar-refractivity contribution in [2.24, 2.45) is 5.92 Å². The SMILES string of the molecule is COP1(=O)CO[C@H]2O[C@@H]3[C@@H](Cc4c(nc(N(C(=O)OC(C)(C)C)C(=O)OC(C)(C)C)[nH]c4=O)N3C(=O)OC(C)(C)C)C(O)(O)[C@H]2O1. The number of carbonyl (C=O) groups is 3. The number of H-pyrrole nitrogens is 1. The highest BCUT2D eigenvalue weighted by Gasteiger charge is 2.64. The Balaban J connectivity index is 1.89. The van der Waals surface area contributed by atoms with E-state index in [-0.39, 0.29) is 5.56 Å². The summed E-state index contributed by atoms with van der Waals surface area (Å²) in [6.45, 7) is 14.0. The minimum atomic E-state index is -3.92. The van der Waals surface area contributed by atoms with Crippen molar-refractivity contribution in [2.45, 2.75) is 110 Å². The summed E-state index contributed by atoms with van der Waals surface area (Å²) in [5, 5.41) is 22.8. The highest BCUT2D eigenvalue weighted by Crippen LogP contribution is 2.57. The van der Waals surface area contributed by atoms with Gasteiger partial charge in [-0.3, -0.25) is 18.9 Å². The van der Waals surface area contributed by atoms with Crippen molar-refractivity contribution < 1.29 is 61.9 Å². The summed E-state index contributed by atoms with van der Waals surface area (Å²) in [5.41, 5.74) is -4.52. The van der Waals surface area contributed by atoms with Gasteiger partial charge in [0.15, 0.2) is 30.8 Å². The monoisotopic (exact) mass is 676 g/mol. The zero-order chi connectivity index (χ0) is 34.8. The summed E-state index contributed by atoms with van der Waals surface area (Å²) >= 11 is 0. The number of aromatic nitrogens is 2. The van der Waals surface area contributed by atoms with Gasteiger partial charge in [-0.25, -0.2) is 19.3 Å². The van der Waals surface area contributed by atoms with Crippen LogP contribution in [0, 0.1) is 5.92 Å². The van der Waals surface area contributed by atoms with E-state index in [1.54, 1.807) is 62.3 Å². The molecule has 5 atom stereocenters. The molecule has 3 aliphatic rings. The summed E-state index contributed by atoms with van der Waals surface area (Å²) in [7, 11) is -2.82. The fourth-order valence-corrected chi connectivity index (χ4v) is 5.98. The molecule has 0 saturated carbocycles. The number of fused-ring (bicyclic) bond motifs is 3. The third-order valence-electron chi connectivity index (χ3n) is 6.62. The van der Waals surface area contributed by atoms with Crippen molar-refractivity contribution >= 4 is 37.6 Å². The smallest absolute Gasteiger partial charge is 0.427 e. The molecule has 1 aromatic heterocycles. The maximum Gasteiger partial charge on any atom is 0.427 e. The Labute approximate surface area is 264 Å². The zero-order valence-corrected chi connectivity index (χ0v) is 28.2. The van der Waals surface area contributed by atoms with Gasteiger partial charge in [-0.2, -0.15) is 4.98 Å².